The third kappa shape index (κ3) is 3.20. The molecule has 0 radical (unpaired) electrons. The predicted octanol–water partition coefficient (Wildman–Crippen LogP) is 2.23. The number of hydrogen-bond acceptors (Lipinski definition) is 4. The van der Waals surface area contributed by atoms with Crippen LogP contribution in [-0.4, -0.2) is 28.6 Å². The monoisotopic (exact) mass is 282 g/mol. The lowest BCUT2D eigenvalue weighted by Gasteiger charge is -2.09. The third-order valence-corrected chi connectivity index (χ3v) is 3.27. The Hall–Kier alpha value is -2.40. The van der Waals surface area contributed by atoms with Crippen LogP contribution < -0.4 is 10.1 Å². The Kier molecular flexibility index (Phi) is 4.12. The van der Waals surface area contributed by atoms with Crippen LogP contribution in [0.1, 0.15) is 5.69 Å². The Labute approximate surface area is 123 Å². The molecular formula is C16H18N4O. The average Bonchev–Trinajstić information content (AvgIpc) is 2.96. The van der Waals surface area contributed by atoms with E-state index in [9.17, 15) is 0 Å². The van der Waals surface area contributed by atoms with Gasteiger partial charge in [0, 0.05) is 18.1 Å². The molecule has 3 aromatic rings. The molecule has 1 heterocycles. The normalized spacial score (nSPS) is 10.9. The van der Waals surface area contributed by atoms with E-state index in [0.717, 1.165) is 23.4 Å². The summed E-state index contributed by atoms with van der Waals surface area (Å²) in [5.41, 5.74) is 0.933. The first kappa shape index (κ1) is 13.6. The highest BCUT2D eigenvalue weighted by atomic mass is 16.5. The summed E-state index contributed by atoms with van der Waals surface area (Å²) in [5.74, 6) is 0.906. The number of fused-ring (bicyclic) bond motifs is 1. The van der Waals surface area contributed by atoms with Gasteiger partial charge in [0.25, 0.3) is 0 Å². The second-order valence-electron chi connectivity index (χ2n) is 4.83. The number of benzene rings is 2. The Morgan fingerprint density at radius 2 is 2.00 bits per heavy atom. The molecule has 2 aromatic carbocycles. The van der Waals surface area contributed by atoms with E-state index in [0.29, 0.717) is 13.2 Å². The molecule has 1 aromatic heterocycles. The lowest BCUT2D eigenvalue weighted by Crippen LogP contribution is -2.09. The van der Waals surface area contributed by atoms with Gasteiger partial charge in [0.05, 0.1) is 12.2 Å². The van der Waals surface area contributed by atoms with E-state index in [1.54, 1.807) is 4.68 Å². The van der Waals surface area contributed by atoms with Crippen molar-refractivity contribution in [3.8, 4) is 5.75 Å². The summed E-state index contributed by atoms with van der Waals surface area (Å²) in [5, 5.41) is 13.5. The molecule has 0 saturated heterocycles. The van der Waals surface area contributed by atoms with Gasteiger partial charge >= 0.3 is 0 Å². The average molecular weight is 282 g/mol. The van der Waals surface area contributed by atoms with Crippen LogP contribution in [0.25, 0.3) is 10.8 Å². The fraction of sp³-hybridized carbons (Fsp3) is 0.250. The van der Waals surface area contributed by atoms with Crippen molar-refractivity contribution in [2.75, 3.05) is 13.7 Å². The van der Waals surface area contributed by atoms with Crippen molar-refractivity contribution < 1.29 is 4.74 Å². The maximum Gasteiger partial charge on any atom is 0.127 e. The van der Waals surface area contributed by atoms with Crippen LogP contribution in [0.3, 0.4) is 0 Å². The first-order chi connectivity index (χ1) is 10.4. The molecule has 3 rings (SSSR count). The zero-order valence-corrected chi connectivity index (χ0v) is 12.0. The van der Waals surface area contributed by atoms with Gasteiger partial charge in [-0.05, 0) is 18.5 Å². The fourth-order valence-corrected chi connectivity index (χ4v) is 2.28. The minimum Gasteiger partial charge on any atom is -0.491 e. The van der Waals surface area contributed by atoms with Crippen LogP contribution in [0.4, 0.5) is 0 Å². The summed E-state index contributed by atoms with van der Waals surface area (Å²) in [6.07, 6.45) is 1.93. The van der Waals surface area contributed by atoms with Crippen molar-refractivity contribution in [3.05, 3.63) is 54.4 Å². The Bertz CT molecular complexity index is 718. The molecular weight excluding hydrogens is 264 g/mol. The first-order valence-corrected chi connectivity index (χ1v) is 7.01. The number of hydrogen-bond donors (Lipinski definition) is 1. The van der Waals surface area contributed by atoms with Crippen LogP contribution in [0, 0.1) is 0 Å². The molecule has 0 amide bonds. The van der Waals surface area contributed by atoms with Crippen LogP contribution in [-0.2, 0) is 13.1 Å². The highest BCUT2D eigenvalue weighted by molar-refractivity contribution is 5.88. The van der Waals surface area contributed by atoms with Crippen LogP contribution >= 0.6 is 0 Å². The summed E-state index contributed by atoms with van der Waals surface area (Å²) in [6, 6.07) is 14.3. The molecule has 0 atom stereocenters. The van der Waals surface area contributed by atoms with Gasteiger partial charge in [0.15, 0.2) is 0 Å². The summed E-state index contributed by atoms with van der Waals surface area (Å²) < 4.78 is 7.69. The molecule has 0 unspecified atom stereocenters. The van der Waals surface area contributed by atoms with E-state index in [4.69, 9.17) is 4.74 Å². The quantitative estimate of drug-likeness (QED) is 0.753. The maximum atomic E-state index is 5.89. The van der Waals surface area contributed by atoms with Gasteiger partial charge < -0.3 is 10.1 Å². The van der Waals surface area contributed by atoms with E-state index in [1.807, 2.05) is 37.5 Å². The van der Waals surface area contributed by atoms with Gasteiger partial charge in [-0.1, -0.05) is 41.6 Å². The lowest BCUT2D eigenvalue weighted by molar-refractivity contribution is 0.293. The summed E-state index contributed by atoms with van der Waals surface area (Å²) in [7, 11) is 1.89. The second-order valence-corrected chi connectivity index (χ2v) is 4.83. The second kappa shape index (κ2) is 6.37. The zero-order valence-electron chi connectivity index (χ0n) is 12.0. The molecule has 1 N–H and O–H groups in total. The molecule has 21 heavy (non-hydrogen) atoms. The van der Waals surface area contributed by atoms with Crippen LogP contribution in [0.2, 0.25) is 0 Å². The Balaban J connectivity index is 1.63. The van der Waals surface area contributed by atoms with E-state index in [-0.39, 0.29) is 0 Å². The molecule has 0 aliphatic rings. The number of nitrogens with zero attached hydrogens (tertiary/aromatic N) is 3. The van der Waals surface area contributed by atoms with Gasteiger partial charge in [-0.25, -0.2) is 4.68 Å². The molecule has 0 fully saturated rings. The third-order valence-electron chi connectivity index (χ3n) is 3.27. The van der Waals surface area contributed by atoms with Gasteiger partial charge in [-0.2, -0.15) is 0 Å². The largest absolute Gasteiger partial charge is 0.491 e. The van der Waals surface area contributed by atoms with Crippen molar-refractivity contribution in [1.82, 2.24) is 20.3 Å². The SMILES string of the molecule is CNCc1cn(CCOc2cccc3ccccc23)nn1. The molecule has 0 aliphatic carbocycles. The van der Waals surface area contributed by atoms with E-state index in [1.165, 1.54) is 5.39 Å². The smallest absolute Gasteiger partial charge is 0.127 e. The number of rotatable bonds is 6. The maximum absolute atomic E-state index is 5.89. The minimum atomic E-state index is 0.566. The molecule has 0 aliphatic heterocycles. The topological polar surface area (TPSA) is 52.0 Å². The van der Waals surface area contributed by atoms with Gasteiger partial charge in [-0.15, -0.1) is 5.10 Å². The molecule has 5 heteroatoms. The van der Waals surface area contributed by atoms with Crippen molar-refractivity contribution in [1.29, 1.82) is 0 Å². The van der Waals surface area contributed by atoms with Crippen LogP contribution in [0.15, 0.2) is 48.7 Å². The molecule has 108 valence electrons. The highest BCUT2D eigenvalue weighted by Gasteiger charge is 2.02. The number of nitrogens with one attached hydrogen (secondary N) is 1. The summed E-state index contributed by atoms with van der Waals surface area (Å²) in [6.45, 7) is 1.97. The zero-order chi connectivity index (χ0) is 14.5. The van der Waals surface area contributed by atoms with Crippen molar-refractivity contribution in [2.24, 2.45) is 0 Å². The minimum absolute atomic E-state index is 0.566. The van der Waals surface area contributed by atoms with E-state index in [2.05, 4.69) is 33.8 Å². The highest BCUT2D eigenvalue weighted by Crippen LogP contribution is 2.24. The Morgan fingerprint density at radius 1 is 1.14 bits per heavy atom. The first-order valence-electron chi connectivity index (χ1n) is 7.01. The summed E-state index contributed by atoms with van der Waals surface area (Å²) >= 11 is 0. The standard InChI is InChI=1S/C16H18N4O/c1-17-11-14-12-20(19-18-14)9-10-21-16-8-4-6-13-5-2-3-7-15(13)16/h2-8,12,17H,9-11H2,1H3. The van der Waals surface area contributed by atoms with Crippen molar-refractivity contribution in [2.45, 2.75) is 13.1 Å². The Morgan fingerprint density at radius 3 is 2.90 bits per heavy atom. The van der Waals surface area contributed by atoms with Crippen LogP contribution in [0.5, 0.6) is 5.75 Å². The van der Waals surface area contributed by atoms with Gasteiger partial charge in [-0.3, -0.25) is 0 Å². The lowest BCUT2D eigenvalue weighted by atomic mass is 10.1. The van der Waals surface area contributed by atoms with Crippen molar-refractivity contribution >= 4 is 10.8 Å². The fourth-order valence-electron chi connectivity index (χ4n) is 2.28. The van der Waals surface area contributed by atoms with Gasteiger partial charge in [0.1, 0.15) is 12.4 Å². The molecule has 0 spiro atoms. The molecule has 5 nitrogen and oxygen atoms in total. The van der Waals surface area contributed by atoms with Crippen molar-refractivity contribution in [3.63, 3.8) is 0 Å². The summed E-state index contributed by atoms with van der Waals surface area (Å²) in [4.78, 5) is 0. The van der Waals surface area contributed by atoms with E-state index >= 15 is 0 Å². The van der Waals surface area contributed by atoms with E-state index < -0.39 is 0 Å². The number of ether oxygens (including phenoxy) is 1. The number of aromatic nitrogens is 3. The molecule has 0 bridgehead atoms. The van der Waals surface area contributed by atoms with Gasteiger partial charge in [0.2, 0.25) is 0 Å². The predicted molar refractivity (Wildman–Crippen MR) is 82.2 cm³/mol. The molecule has 0 saturated carbocycles.